The second-order valence-corrected chi connectivity index (χ2v) is 4.39. The quantitative estimate of drug-likeness (QED) is 0.574. The van der Waals surface area contributed by atoms with Crippen LogP contribution in [-0.2, 0) is 0 Å². The molecule has 0 saturated carbocycles. The predicted molar refractivity (Wildman–Crippen MR) is 84.5 cm³/mol. The van der Waals surface area contributed by atoms with E-state index in [1.54, 1.807) is 6.20 Å². The Bertz CT molecular complexity index is 536. The molecule has 0 heterocycles. The minimum Gasteiger partial charge on any atom is -0.351 e. The summed E-state index contributed by atoms with van der Waals surface area (Å²) in [5.41, 5.74) is 5.46. The number of aliphatic imine (C=N–C) groups is 1. The Kier molecular flexibility index (Phi) is 5.31. The van der Waals surface area contributed by atoms with E-state index in [0.29, 0.717) is 0 Å². The van der Waals surface area contributed by atoms with E-state index in [9.17, 15) is 0 Å². The van der Waals surface area contributed by atoms with Crippen LogP contribution in [0.15, 0.2) is 66.0 Å². The molecule has 19 heavy (non-hydrogen) atoms. The van der Waals surface area contributed by atoms with Gasteiger partial charge in [-0.3, -0.25) is 4.99 Å². The van der Waals surface area contributed by atoms with E-state index in [0.717, 1.165) is 22.5 Å². The third-order valence-corrected chi connectivity index (χ3v) is 3.21. The maximum Gasteiger partial charge on any atom is 0.0695 e. The highest BCUT2D eigenvalue weighted by Crippen LogP contribution is 2.19. The Labute approximate surface area is 116 Å². The summed E-state index contributed by atoms with van der Waals surface area (Å²) in [4.78, 5) is 6.40. The first-order chi connectivity index (χ1) is 9.06. The summed E-state index contributed by atoms with van der Waals surface area (Å²) in [7, 11) is 3.78. The van der Waals surface area contributed by atoms with Crippen LogP contribution in [0.2, 0.25) is 0 Å². The number of hydrogen-bond acceptors (Lipinski definition) is 2. The molecule has 0 unspecified atom stereocenters. The van der Waals surface area contributed by atoms with E-state index in [-0.39, 0.29) is 0 Å². The first-order valence-electron chi connectivity index (χ1n) is 6.28. The van der Waals surface area contributed by atoms with Crippen LogP contribution in [0, 0.1) is 6.92 Å². The summed E-state index contributed by atoms with van der Waals surface area (Å²) in [5.74, 6) is 0. The molecule has 1 rings (SSSR count). The molecular formula is C17H22N2. The van der Waals surface area contributed by atoms with Crippen LogP contribution in [0.5, 0.6) is 0 Å². The molecular weight excluding hydrogens is 232 g/mol. The van der Waals surface area contributed by atoms with Gasteiger partial charge in [0.25, 0.3) is 0 Å². The molecule has 0 radical (unpaired) electrons. The molecule has 0 aliphatic heterocycles. The third-order valence-electron chi connectivity index (χ3n) is 3.21. The van der Waals surface area contributed by atoms with Gasteiger partial charge >= 0.3 is 0 Å². The first-order valence-corrected chi connectivity index (χ1v) is 6.28. The topological polar surface area (TPSA) is 15.6 Å². The fourth-order valence-electron chi connectivity index (χ4n) is 2.11. The third kappa shape index (κ3) is 3.22. The second-order valence-electron chi connectivity index (χ2n) is 4.39. The molecule has 2 heteroatoms. The van der Waals surface area contributed by atoms with Crippen molar-refractivity contribution in [2.24, 2.45) is 4.99 Å². The molecule has 0 amide bonds. The van der Waals surface area contributed by atoms with Crippen molar-refractivity contribution in [2.75, 3.05) is 14.1 Å². The van der Waals surface area contributed by atoms with Crippen molar-refractivity contribution in [1.29, 1.82) is 0 Å². The van der Waals surface area contributed by atoms with E-state index in [4.69, 9.17) is 0 Å². The molecule has 0 aromatic heterocycles. The van der Waals surface area contributed by atoms with Gasteiger partial charge < -0.3 is 4.90 Å². The van der Waals surface area contributed by atoms with Gasteiger partial charge in [-0.25, -0.2) is 0 Å². The molecule has 2 nitrogen and oxygen atoms in total. The number of rotatable bonds is 5. The Balaban J connectivity index is 3.40. The zero-order valence-corrected chi connectivity index (χ0v) is 12.3. The summed E-state index contributed by atoms with van der Waals surface area (Å²) in [5, 5.41) is 0. The van der Waals surface area contributed by atoms with Crippen molar-refractivity contribution >= 4 is 5.71 Å². The van der Waals surface area contributed by atoms with Gasteiger partial charge in [-0.05, 0) is 37.3 Å². The Morgan fingerprint density at radius 2 is 1.89 bits per heavy atom. The molecule has 0 aliphatic carbocycles. The molecule has 0 fully saturated rings. The minimum atomic E-state index is 0.988. The van der Waals surface area contributed by atoms with E-state index < -0.39 is 0 Å². The molecule has 0 aliphatic rings. The Morgan fingerprint density at radius 3 is 2.37 bits per heavy atom. The van der Waals surface area contributed by atoms with Crippen molar-refractivity contribution < 1.29 is 0 Å². The zero-order chi connectivity index (χ0) is 14.4. The highest BCUT2D eigenvalue weighted by molar-refractivity contribution is 6.13. The number of aryl methyl sites for hydroxylation is 1. The molecule has 0 bridgehead atoms. The number of benzene rings is 1. The largest absolute Gasteiger partial charge is 0.351 e. The lowest BCUT2D eigenvalue weighted by molar-refractivity contribution is 0.586. The van der Waals surface area contributed by atoms with E-state index in [1.807, 2.05) is 37.2 Å². The zero-order valence-electron chi connectivity index (χ0n) is 12.3. The van der Waals surface area contributed by atoms with Crippen molar-refractivity contribution in [3.63, 3.8) is 0 Å². The van der Waals surface area contributed by atoms with E-state index in [1.165, 1.54) is 5.56 Å². The van der Waals surface area contributed by atoms with Gasteiger partial charge in [0.05, 0.1) is 5.71 Å². The van der Waals surface area contributed by atoms with Crippen LogP contribution in [0.1, 0.15) is 18.1 Å². The van der Waals surface area contributed by atoms with Crippen LogP contribution in [-0.4, -0.2) is 24.7 Å². The molecule has 100 valence electrons. The lowest BCUT2D eigenvalue weighted by atomic mass is 9.97. The number of allylic oxidation sites excluding steroid dienone is 2. The summed E-state index contributed by atoms with van der Waals surface area (Å²) in [6.45, 7) is 11.8. The average Bonchev–Trinajstić information content (AvgIpc) is 2.42. The van der Waals surface area contributed by atoms with Gasteiger partial charge in [0.2, 0.25) is 0 Å². The fourth-order valence-corrected chi connectivity index (χ4v) is 2.11. The van der Waals surface area contributed by atoms with Crippen molar-refractivity contribution in [2.45, 2.75) is 13.8 Å². The lowest BCUT2D eigenvalue weighted by Crippen LogP contribution is -2.15. The molecule has 0 saturated heterocycles. The minimum absolute atomic E-state index is 0.988. The van der Waals surface area contributed by atoms with Gasteiger partial charge in [-0.2, -0.15) is 0 Å². The molecule has 0 spiro atoms. The van der Waals surface area contributed by atoms with Gasteiger partial charge in [0, 0.05) is 25.4 Å². The van der Waals surface area contributed by atoms with Crippen LogP contribution < -0.4 is 0 Å². The van der Waals surface area contributed by atoms with Crippen LogP contribution in [0.4, 0.5) is 0 Å². The van der Waals surface area contributed by atoms with E-state index in [2.05, 4.69) is 44.1 Å². The van der Waals surface area contributed by atoms with Crippen LogP contribution in [0.3, 0.4) is 0 Å². The summed E-state index contributed by atoms with van der Waals surface area (Å²) in [6.07, 6.45) is 3.60. The number of hydrogen-bond donors (Lipinski definition) is 0. The highest BCUT2D eigenvalue weighted by atomic mass is 15.1. The van der Waals surface area contributed by atoms with Gasteiger partial charge in [0.1, 0.15) is 0 Å². The molecule has 0 N–H and O–H groups in total. The average molecular weight is 254 g/mol. The normalized spacial score (nSPS) is 12.7. The van der Waals surface area contributed by atoms with Gasteiger partial charge in [0.15, 0.2) is 0 Å². The summed E-state index contributed by atoms with van der Waals surface area (Å²) < 4.78 is 0. The number of nitrogens with zero attached hydrogens (tertiary/aromatic N) is 2. The summed E-state index contributed by atoms with van der Waals surface area (Å²) >= 11 is 0. The van der Waals surface area contributed by atoms with Crippen molar-refractivity contribution in [3.05, 3.63) is 72.1 Å². The predicted octanol–water partition coefficient (Wildman–Crippen LogP) is 3.95. The van der Waals surface area contributed by atoms with Crippen LogP contribution >= 0.6 is 0 Å². The molecule has 0 atom stereocenters. The van der Waals surface area contributed by atoms with E-state index >= 15 is 0 Å². The molecule has 1 aromatic rings. The lowest BCUT2D eigenvalue weighted by Gasteiger charge is -2.20. The standard InChI is InChI=1S/C17H22N2/c1-7-16(19(6)8-2)14(4)17(18-5)15-12-10-9-11-13(15)3/h7-12H,1-2H2,3-6H3/b16-14+,18-17-. The second kappa shape index (κ2) is 6.74. The monoisotopic (exact) mass is 254 g/mol. The molecule has 1 aromatic carbocycles. The maximum absolute atomic E-state index is 4.45. The smallest absolute Gasteiger partial charge is 0.0695 e. The van der Waals surface area contributed by atoms with Gasteiger partial charge in [-0.15, -0.1) is 0 Å². The van der Waals surface area contributed by atoms with Gasteiger partial charge in [-0.1, -0.05) is 37.4 Å². The highest BCUT2D eigenvalue weighted by Gasteiger charge is 2.12. The Morgan fingerprint density at radius 1 is 1.26 bits per heavy atom. The summed E-state index contributed by atoms with van der Waals surface area (Å²) in [6, 6.07) is 8.26. The number of likely N-dealkylation sites (N-methyl/N-ethyl adjacent to an activating group) is 1. The maximum atomic E-state index is 4.45. The fraction of sp³-hybridized carbons (Fsp3) is 0.235. The Hall–Kier alpha value is -2.09. The van der Waals surface area contributed by atoms with Crippen molar-refractivity contribution in [1.82, 2.24) is 4.90 Å². The van der Waals surface area contributed by atoms with Crippen LogP contribution in [0.25, 0.3) is 0 Å². The SMILES string of the molecule is C=C/C(=C(C)\C(=N\C)c1ccccc1C)N(C)C=C. The first kappa shape index (κ1) is 15.0. The van der Waals surface area contributed by atoms with Crippen molar-refractivity contribution in [3.8, 4) is 0 Å².